The highest BCUT2D eigenvalue weighted by molar-refractivity contribution is 7.99. The quantitative estimate of drug-likeness (QED) is 0.165. The summed E-state index contributed by atoms with van der Waals surface area (Å²) in [4.78, 5) is 31.3. The van der Waals surface area contributed by atoms with Gasteiger partial charge in [0, 0.05) is 23.1 Å². The van der Waals surface area contributed by atoms with E-state index in [0.717, 1.165) is 11.1 Å². The highest BCUT2D eigenvalue weighted by Crippen LogP contribution is 2.32. The summed E-state index contributed by atoms with van der Waals surface area (Å²) >= 11 is 2.74. The van der Waals surface area contributed by atoms with E-state index in [1.165, 1.54) is 28.7 Å². The van der Waals surface area contributed by atoms with Crippen molar-refractivity contribution in [3.63, 3.8) is 0 Å². The molecule has 4 aromatic rings. The molecule has 0 fully saturated rings. The number of fused-ring (bicyclic) bond motifs is 1. The van der Waals surface area contributed by atoms with Crippen LogP contribution in [0.1, 0.15) is 15.9 Å². The molecule has 0 aliphatic heterocycles. The zero-order valence-corrected chi connectivity index (χ0v) is 18.1. The van der Waals surface area contributed by atoms with Crippen molar-refractivity contribution in [3.05, 3.63) is 94.1 Å². The van der Waals surface area contributed by atoms with Crippen molar-refractivity contribution in [1.29, 1.82) is 0 Å². The van der Waals surface area contributed by atoms with Gasteiger partial charge in [-0.15, -0.1) is 17.9 Å². The zero-order chi connectivity index (χ0) is 21.1. The molecule has 4 rings (SSSR count). The topological polar surface area (TPSA) is 52.0 Å². The Morgan fingerprint density at radius 3 is 2.60 bits per heavy atom. The van der Waals surface area contributed by atoms with E-state index in [9.17, 15) is 9.59 Å². The maximum absolute atomic E-state index is 13.4. The molecule has 0 atom stereocenters. The summed E-state index contributed by atoms with van der Waals surface area (Å²) in [6.07, 6.45) is 1.68. The van der Waals surface area contributed by atoms with Crippen molar-refractivity contribution < 1.29 is 4.79 Å². The third-order valence-corrected chi connectivity index (χ3v) is 6.61. The number of hydrogen-bond acceptors (Lipinski definition) is 5. The number of ketones is 1. The van der Waals surface area contributed by atoms with E-state index in [1.807, 2.05) is 54.8 Å². The normalized spacial score (nSPS) is 11.0. The lowest BCUT2D eigenvalue weighted by Gasteiger charge is -2.10. The SMILES string of the molecule is C=CCn1c(SCC(=O)c2ccccc2)nc2scc(-c3ccc(C)cc3)c2c1=O. The highest BCUT2D eigenvalue weighted by Gasteiger charge is 2.18. The molecule has 4 nitrogen and oxygen atoms in total. The molecule has 0 bridgehead atoms. The van der Waals surface area contributed by atoms with E-state index < -0.39 is 0 Å². The van der Waals surface area contributed by atoms with Crippen LogP contribution in [0.15, 0.2) is 82.6 Å². The van der Waals surface area contributed by atoms with Crippen molar-refractivity contribution in [1.82, 2.24) is 9.55 Å². The molecule has 0 N–H and O–H groups in total. The first-order chi connectivity index (χ1) is 14.6. The summed E-state index contributed by atoms with van der Waals surface area (Å²) in [7, 11) is 0. The Morgan fingerprint density at radius 2 is 1.90 bits per heavy atom. The summed E-state index contributed by atoms with van der Waals surface area (Å²) in [5, 5.41) is 3.13. The van der Waals surface area contributed by atoms with Gasteiger partial charge >= 0.3 is 0 Å². The standard InChI is InChI=1S/C24H20N2O2S2/c1-3-13-26-23(28)21-19(17-11-9-16(2)10-12-17)14-29-22(21)25-24(26)30-15-20(27)18-7-5-4-6-8-18/h3-12,14H,1,13,15H2,2H3. The Balaban J connectivity index is 1.73. The number of thioether (sulfide) groups is 1. The first-order valence-electron chi connectivity index (χ1n) is 9.49. The van der Waals surface area contributed by atoms with Gasteiger partial charge in [-0.05, 0) is 12.5 Å². The van der Waals surface area contributed by atoms with Crippen LogP contribution in [0.3, 0.4) is 0 Å². The number of carbonyl (C=O) groups excluding carboxylic acids is 1. The number of benzene rings is 2. The Hall–Kier alpha value is -2.96. The molecular formula is C24H20N2O2S2. The molecule has 6 heteroatoms. The van der Waals surface area contributed by atoms with Crippen molar-refractivity contribution >= 4 is 39.1 Å². The minimum atomic E-state index is -0.105. The van der Waals surface area contributed by atoms with Gasteiger partial charge in [0.2, 0.25) is 0 Å². The monoisotopic (exact) mass is 432 g/mol. The second-order valence-corrected chi connectivity index (χ2v) is 8.67. The van der Waals surface area contributed by atoms with Gasteiger partial charge in [-0.2, -0.15) is 0 Å². The lowest BCUT2D eigenvalue weighted by molar-refractivity contribution is 0.102. The van der Waals surface area contributed by atoms with E-state index in [-0.39, 0.29) is 17.1 Å². The van der Waals surface area contributed by atoms with Gasteiger partial charge in [-0.3, -0.25) is 14.2 Å². The van der Waals surface area contributed by atoms with Crippen LogP contribution in [0.2, 0.25) is 0 Å². The number of carbonyl (C=O) groups is 1. The maximum atomic E-state index is 13.4. The third kappa shape index (κ3) is 4.01. The van der Waals surface area contributed by atoms with Crippen LogP contribution in [0, 0.1) is 6.92 Å². The number of nitrogens with zero attached hydrogens (tertiary/aromatic N) is 2. The number of allylic oxidation sites excluding steroid dienone is 1. The lowest BCUT2D eigenvalue weighted by Crippen LogP contribution is -2.23. The third-order valence-electron chi connectivity index (χ3n) is 4.76. The predicted molar refractivity (Wildman–Crippen MR) is 126 cm³/mol. The van der Waals surface area contributed by atoms with Crippen LogP contribution in [-0.2, 0) is 6.54 Å². The largest absolute Gasteiger partial charge is 0.293 e. The minimum absolute atomic E-state index is 0.00613. The van der Waals surface area contributed by atoms with Gasteiger partial charge in [-0.25, -0.2) is 4.98 Å². The van der Waals surface area contributed by atoms with Crippen LogP contribution in [0.4, 0.5) is 0 Å². The first kappa shape index (κ1) is 20.3. The average Bonchev–Trinajstić information content (AvgIpc) is 3.19. The van der Waals surface area contributed by atoms with Gasteiger partial charge in [0.15, 0.2) is 10.9 Å². The molecular weight excluding hydrogens is 412 g/mol. The van der Waals surface area contributed by atoms with Crippen LogP contribution in [0.5, 0.6) is 0 Å². The summed E-state index contributed by atoms with van der Waals surface area (Å²) < 4.78 is 1.60. The number of aryl methyl sites for hydroxylation is 1. The van der Waals surface area contributed by atoms with Gasteiger partial charge in [0.05, 0.1) is 11.1 Å². The fourth-order valence-electron chi connectivity index (χ4n) is 3.19. The van der Waals surface area contributed by atoms with Gasteiger partial charge in [0.25, 0.3) is 5.56 Å². The Morgan fingerprint density at radius 1 is 1.17 bits per heavy atom. The van der Waals surface area contributed by atoms with E-state index >= 15 is 0 Å². The maximum Gasteiger partial charge on any atom is 0.263 e. The van der Waals surface area contributed by atoms with Crippen molar-refractivity contribution in [2.45, 2.75) is 18.6 Å². The van der Waals surface area contributed by atoms with E-state index in [2.05, 4.69) is 6.58 Å². The van der Waals surface area contributed by atoms with Crippen molar-refractivity contribution in [2.24, 2.45) is 0 Å². The van der Waals surface area contributed by atoms with Crippen molar-refractivity contribution in [3.8, 4) is 11.1 Å². The molecule has 2 aromatic heterocycles. The Kier molecular flexibility index (Phi) is 5.97. The first-order valence-corrected chi connectivity index (χ1v) is 11.4. The minimum Gasteiger partial charge on any atom is -0.293 e. The summed E-state index contributed by atoms with van der Waals surface area (Å²) in [5.41, 5.74) is 3.60. The molecule has 2 heterocycles. The molecule has 2 aromatic carbocycles. The summed E-state index contributed by atoms with van der Waals surface area (Å²) in [5.74, 6) is 0.224. The second-order valence-electron chi connectivity index (χ2n) is 6.87. The van der Waals surface area contributed by atoms with E-state index in [1.54, 1.807) is 22.8 Å². The van der Waals surface area contributed by atoms with Gasteiger partial charge in [0.1, 0.15) is 4.83 Å². The fraction of sp³-hybridized carbons (Fsp3) is 0.125. The predicted octanol–water partition coefficient (Wildman–Crippen LogP) is 5.59. The lowest BCUT2D eigenvalue weighted by atomic mass is 10.1. The van der Waals surface area contributed by atoms with Gasteiger partial charge in [-0.1, -0.05) is 78.0 Å². The number of aromatic nitrogens is 2. The molecule has 0 saturated carbocycles. The van der Waals surface area contributed by atoms with Crippen molar-refractivity contribution in [2.75, 3.05) is 5.75 Å². The molecule has 30 heavy (non-hydrogen) atoms. The highest BCUT2D eigenvalue weighted by atomic mass is 32.2. The fourth-order valence-corrected chi connectivity index (χ4v) is 5.08. The smallest absolute Gasteiger partial charge is 0.263 e. The molecule has 0 aliphatic carbocycles. The molecule has 150 valence electrons. The van der Waals surface area contributed by atoms with Crippen LogP contribution in [0.25, 0.3) is 21.3 Å². The van der Waals surface area contributed by atoms with Crippen LogP contribution in [-0.4, -0.2) is 21.1 Å². The zero-order valence-electron chi connectivity index (χ0n) is 16.5. The molecule has 0 radical (unpaired) electrons. The van der Waals surface area contributed by atoms with E-state index in [0.29, 0.717) is 27.5 Å². The Bertz CT molecular complexity index is 1270. The average molecular weight is 433 g/mol. The molecule has 0 amide bonds. The Labute approximate surface area is 182 Å². The molecule has 0 unspecified atom stereocenters. The molecule has 0 saturated heterocycles. The second kappa shape index (κ2) is 8.81. The van der Waals surface area contributed by atoms with Gasteiger partial charge < -0.3 is 0 Å². The molecule has 0 spiro atoms. The summed E-state index contributed by atoms with van der Waals surface area (Å²) in [6.45, 7) is 6.15. The summed E-state index contributed by atoms with van der Waals surface area (Å²) in [6, 6.07) is 17.3. The number of hydrogen-bond donors (Lipinski definition) is 0. The molecule has 0 aliphatic rings. The number of Topliss-reactive ketones (excluding diaryl/α,β-unsaturated/α-hetero) is 1. The van der Waals surface area contributed by atoms with E-state index in [4.69, 9.17) is 4.98 Å². The number of thiophene rings is 1. The number of rotatable bonds is 7. The van der Waals surface area contributed by atoms with Crippen LogP contribution >= 0.6 is 23.1 Å². The van der Waals surface area contributed by atoms with Crippen LogP contribution < -0.4 is 5.56 Å².